The summed E-state index contributed by atoms with van der Waals surface area (Å²) in [4.78, 5) is 28.1. The lowest BCUT2D eigenvalue weighted by Crippen LogP contribution is -2.30. The SMILES string of the molecule is COc1cccc(OC)c1/C(O)=C1\C(=O)C(=O)N(c2cccc(Cl)c2C)C1c1ccccc1. The van der Waals surface area contributed by atoms with Gasteiger partial charge in [0.05, 0.1) is 25.8 Å². The molecule has 0 saturated carbocycles. The summed E-state index contributed by atoms with van der Waals surface area (Å²) in [5.74, 6) is -1.33. The number of amides is 1. The minimum Gasteiger partial charge on any atom is -0.506 e. The Morgan fingerprint density at radius 3 is 2.12 bits per heavy atom. The van der Waals surface area contributed by atoms with E-state index >= 15 is 0 Å². The maximum atomic E-state index is 13.4. The van der Waals surface area contributed by atoms with Crippen LogP contribution in [0, 0.1) is 6.92 Å². The van der Waals surface area contributed by atoms with Crippen LogP contribution in [0.15, 0.2) is 72.3 Å². The third-order valence-electron chi connectivity index (χ3n) is 5.72. The summed E-state index contributed by atoms with van der Waals surface area (Å²) in [7, 11) is 2.91. The van der Waals surface area contributed by atoms with Gasteiger partial charge in [0, 0.05) is 10.7 Å². The van der Waals surface area contributed by atoms with E-state index in [2.05, 4.69) is 0 Å². The van der Waals surface area contributed by atoms with Crippen LogP contribution in [0.3, 0.4) is 0 Å². The van der Waals surface area contributed by atoms with E-state index in [1.54, 1.807) is 55.5 Å². The molecule has 0 spiro atoms. The summed E-state index contributed by atoms with van der Waals surface area (Å²) in [6.07, 6.45) is 0. The number of hydrogen-bond acceptors (Lipinski definition) is 5. The molecule has 0 radical (unpaired) electrons. The van der Waals surface area contributed by atoms with E-state index in [1.165, 1.54) is 19.1 Å². The molecule has 1 atom stereocenters. The zero-order valence-corrected chi connectivity index (χ0v) is 19.1. The topological polar surface area (TPSA) is 76.1 Å². The number of rotatable bonds is 5. The Balaban J connectivity index is 2.04. The maximum Gasteiger partial charge on any atom is 0.300 e. The number of carbonyl (C=O) groups excluding carboxylic acids is 2. The Morgan fingerprint density at radius 2 is 1.52 bits per heavy atom. The molecule has 1 amide bonds. The second-order valence-electron chi connectivity index (χ2n) is 7.50. The first-order valence-corrected chi connectivity index (χ1v) is 10.6. The molecular weight excluding hydrogens is 442 g/mol. The Hall–Kier alpha value is -3.77. The minimum atomic E-state index is -0.877. The van der Waals surface area contributed by atoms with Gasteiger partial charge in [-0.25, -0.2) is 0 Å². The number of halogens is 1. The summed E-state index contributed by atoms with van der Waals surface area (Å²) < 4.78 is 10.8. The molecule has 1 heterocycles. The fourth-order valence-corrected chi connectivity index (χ4v) is 4.28. The lowest BCUT2D eigenvalue weighted by Gasteiger charge is -2.27. The number of Topliss-reactive ketones (excluding diaryl/α,β-unsaturated/α-hetero) is 1. The van der Waals surface area contributed by atoms with E-state index in [4.69, 9.17) is 21.1 Å². The second kappa shape index (κ2) is 9.00. The zero-order chi connectivity index (χ0) is 23.7. The minimum absolute atomic E-state index is 0.0617. The van der Waals surface area contributed by atoms with E-state index in [0.717, 1.165) is 0 Å². The molecule has 1 fully saturated rings. The molecule has 0 aliphatic carbocycles. The fourth-order valence-electron chi connectivity index (χ4n) is 4.11. The van der Waals surface area contributed by atoms with Crippen LogP contribution in [0.2, 0.25) is 5.02 Å². The van der Waals surface area contributed by atoms with Crippen molar-refractivity contribution in [3.63, 3.8) is 0 Å². The Labute approximate surface area is 196 Å². The van der Waals surface area contributed by atoms with Gasteiger partial charge in [0.2, 0.25) is 0 Å². The number of hydrogen-bond donors (Lipinski definition) is 1. The van der Waals surface area contributed by atoms with Gasteiger partial charge in [-0.05, 0) is 42.3 Å². The van der Waals surface area contributed by atoms with Crippen molar-refractivity contribution < 1.29 is 24.2 Å². The van der Waals surface area contributed by atoms with E-state index in [1.807, 2.05) is 18.2 Å². The van der Waals surface area contributed by atoms with Crippen molar-refractivity contribution in [3.8, 4) is 11.5 Å². The van der Waals surface area contributed by atoms with Gasteiger partial charge in [0.1, 0.15) is 22.8 Å². The zero-order valence-electron chi connectivity index (χ0n) is 18.3. The number of nitrogens with zero attached hydrogens (tertiary/aromatic N) is 1. The fraction of sp³-hybridized carbons (Fsp3) is 0.154. The molecule has 7 heteroatoms. The highest BCUT2D eigenvalue weighted by Gasteiger charge is 2.48. The molecule has 1 aliphatic heterocycles. The van der Waals surface area contributed by atoms with Crippen LogP contribution in [0.4, 0.5) is 5.69 Å². The third-order valence-corrected chi connectivity index (χ3v) is 6.13. The summed E-state index contributed by atoms with van der Waals surface area (Å²) in [5, 5.41) is 11.9. The van der Waals surface area contributed by atoms with Crippen LogP contribution in [0.1, 0.15) is 22.7 Å². The number of ether oxygens (including phenoxy) is 2. The van der Waals surface area contributed by atoms with E-state index in [9.17, 15) is 14.7 Å². The molecule has 0 aromatic heterocycles. The molecule has 1 saturated heterocycles. The standard InChI is InChI=1S/C26H22ClNO5/c1-15-17(27)11-7-12-18(15)28-23(16-9-5-4-6-10-16)22(25(30)26(28)31)24(29)21-19(32-2)13-8-14-20(21)33-3/h4-14,23,29H,1-3H3/b24-22+. The number of methoxy groups -OCH3 is 2. The highest BCUT2D eigenvalue weighted by molar-refractivity contribution is 6.52. The van der Waals surface area contributed by atoms with E-state index < -0.39 is 17.7 Å². The molecule has 4 rings (SSSR count). The Kier molecular flexibility index (Phi) is 6.11. The number of aliphatic hydroxyl groups excluding tert-OH is 1. The lowest BCUT2D eigenvalue weighted by atomic mass is 9.94. The van der Waals surface area contributed by atoms with Gasteiger partial charge in [-0.3, -0.25) is 14.5 Å². The summed E-state index contributed by atoms with van der Waals surface area (Å²) in [6, 6.07) is 18.3. The van der Waals surface area contributed by atoms with Gasteiger partial charge in [-0.15, -0.1) is 0 Å². The lowest BCUT2D eigenvalue weighted by molar-refractivity contribution is -0.132. The summed E-state index contributed by atoms with van der Waals surface area (Å²) in [6.45, 7) is 1.78. The third kappa shape index (κ3) is 3.72. The maximum absolute atomic E-state index is 13.4. The monoisotopic (exact) mass is 463 g/mol. The van der Waals surface area contributed by atoms with Crippen LogP contribution < -0.4 is 14.4 Å². The first-order valence-electron chi connectivity index (χ1n) is 10.2. The quantitative estimate of drug-likeness (QED) is 0.316. The number of anilines is 1. The average molecular weight is 464 g/mol. The molecule has 33 heavy (non-hydrogen) atoms. The first-order chi connectivity index (χ1) is 15.9. The Morgan fingerprint density at radius 1 is 0.909 bits per heavy atom. The molecule has 1 N–H and O–H groups in total. The molecule has 3 aromatic rings. The van der Waals surface area contributed by atoms with Crippen LogP contribution in [0.5, 0.6) is 11.5 Å². The van der Waals surface area contributed by atoms with Crippen molar-refractivity contribution in [2.24, 2.45) is 0 Å². The molecule has 6 nitrogen and oxygen atoms in total. The number of carbonyl (C=O) groups is 2. The second-order valence-corrected chi connectivity index (χ2v) is 7.91. The molecule has 1 unspecified atom stereocenters. The van der Waals surface area contributed by atoms with Crippen molar-refractivity contribution >= 4 is 34.7 Å². The van der Waals surface area contributed by atoms with Gasteiger partial charge in [-0.2, -0.15) is 0 Å². The van der Waals surface area contributed by atoms with E-state index in [0.29, 0.717) is 33.3 Å². The molecule has 0 bridgehead atoms. The first kappa shape index (κ1) is 22.4. The van der Waals surface area contributed by atoms with Gasteiger partial charge >= 0.3 is 0 Å². The molecular formula is C26H22ClNO5. The molecule has 168 valence electrons. The predicted octanol–water partition coefficient (Wildman–Crippen LogP) is 5.29. The van der Waals surface area contributed by atoms with Crippen molar-refractivity contribution in [3.05, 3.63) is 94.0 Å². The number of ketones is 1. The van der Waals surface area contributed by atoms with Crippen molar-refractivity contribution in [1.29, 1.82) is 0 Å². The van der Waals surface area contributed by atoms with Crippen LogP contribution in [-0.4, -0.2) is 31.0 Å². The van der Waals surface area contributed by atoms with Gasteiger partial charge in [-0.1, -0.05) is 54.1 Å². The van der Waals surface area contributed by atoms with Crippen LogP contribution >= 0.6 is 11.6 Å². The van der Waals surface area contributed by atoms with Crippen molar-refractivity contribution in [2.75, 3.05) is 19.1 Å². The van der Waals surface area contributed by atoms with Crippen LogP contribution in [0.25, 0.3) is 5.76 Å². The largest absolute Gasteiger partial charge is 0.506 e. The number of benzene rings is 3. The predicted molar refractivity (Wildman–Crippen MR) is 127 cm³/mol. The van der Waals surface area contributed by atoms with Crippen LogP contribution in [-0.2, 0) is 9.59 Å². The summed E-state index contributed by atoms with van der Waals surface area (Å²) >= 11 is 6.33. The van der Waals surface area contributed by atoms with Gasteiger partial charge < -0.3 is 14.6 Å². The number of aliphatic hydroxyl groups is 1. The van der Waals surface area contributed by atoms with Gasteiger partial charge in [0.25, 0.3) is 11.7 Å². The van der Waals surface area contributed by atoms with Gasteiger partial charge in [0.15, 0.2) is 0 Å². The normalized spacial score (nSPS) is 17.3. The molecule has 1 aliphatic rings. The van der Waals surface area contributed by atoms with E-state index in [-0.39, 0.29) is 16.9 Å². The highest BCUT2D eigenvalue weighted by Crippen LogP contribution is 2.46. The van der Waals surface area contributed by atoms with Crippen molar-refractivity contribution in [1.82, 2.24) is 0 Å². The smallest absolute Gasteiger partial charge is 0.300 e. The van der Waals surface area contributed by atoms with Crippen molar-refractivity contribution in [2.45, 2.75) is 13.0 Å². The Bertz CT molecular complexity index is 1250. The summed E-state index contributed by atoms with van der Waals surface area (Å²) in [5.41, 5.74) is 1.94. The highest BCUT2D eigenvalue weighted by atomic mass is 35.5. The average Bonchev–Trinajstić information content (AvgIpc) is 3.10. The molecule has 3 aromatic carbocycles.